The summed E-state index contributed by atoms with van der Waals surface area (Å²) in [5, 5.41) is 5.59. The molecule has 0 saturated carbocycles. The quantitative estimate of drug-likeness (QED) is 0.580. The number of hydrogen-bond acceptors (Lipinski definition) is 4. The van der Waals surface area contributed by atoms with Crippen LogP contribution in [0.3, 0.4) is 0 Å². The van der Waals surface area contributed by atoms with Crippen LogP contribution in [0, 0.1) is 0 Å². The minimum atomic E-state index is -0.650. The molecule has 3 aromatic rings. The molecular weight excluding hydrogens is 380 g/mol. The molecule has 6 heteroatoms. The van der Waals surface area contributed by atoms with E-state index in [1.165, 1.54) is 0 Å². The molecule has 0 saturated heterocycles. The fraction of sp³-hybridized carbons (Fsp3) is 0.167. The van der Waals surface area contributed by atoms with Gasteiger partial charge in [0.1, 0.15) is 11.5 Å². The number of ether oxygens (including phenoxy) is 2. The Morgan fingerprint density at radius 1 is 0.600 bits per heavy atom. The zero-order valence-corrected chi connectivity index (χ0v) is 16.9. The van der Waals surface area contributed by atoms with E-state index in [-0.39, 0.29) is 11.8 Å². The maximum absolute atomic E-state index is 12.3. The van der Waals surface area contributed by atoms with E-state index >= 15 is 0 Å². The second-order valence-corrected chi connectivity index (χ2v) is 6.70. The van der Waals surface area contributed by atoms with Crippen LogP contribution in [0.15, 0.2) is 84.9 Å². The van der Waals surface area contributed by atoms with E-state index in [1.807, 2.05) is 36.4 Å². The number of anilines is 2. The summed E-state index contributed by atoms with van der Waals surface area (Å²) in [7, 11) is 0. The highest BCUT2D eigenvalue weighted by Crippen LogP contribution is 2.17. The van der Waals surface area contributed by atoms with Gasteiger partial charge in [0.05, 0.1) is 0 Å². The minimum Gasteiger partial charge on any atom is -0.481 e. The van der Waals surface area contributed by atoms with Crippen LogP contribution in [-0.4, -0.2) is 24.0 Å². The van der Waals surface area contributed by atoms with Crippen molar-refractivity contribution in [3.63, 3.8) is 0 Å². The lowest BCUT2D eigenvalue weighted by atomic mass is 10.2. The lowest BCUT2D eigenvalue weighted by molar-refractivity contribution is -0.122. The fourth-order valence-corrected chi connectivity index (χ4v) is 2.64. The van der Waals surface area contributed by atoms with E-state index in [9.17, 15) is 9.59 Å². The summed E-state index contributed by atoms with van der Waals surface area (Å²) in [6.45, 7) is 3.37. The van der Waals surface area contributed by atoms with Crippen molar-refractivity contribution in [1.29, 1.82) is 0 Å². The van der Waals surface area contributed by atoms with Crippen molar-refractivity contribution in [2.75, 3.05) is 10.6 Å². The van der Waals surface area contributed by atoms with Crippen LogP contribution in [0.2, 0.25) is 0 Å². The van der Waals surface area contributed by atoms with Crippen LogP contribution < -0.4 is 20.1 Å². The summed E-state index contributed by atoms with van der Waals surface area (Å²) >= 11 is 0. The van der Waals surface area contributed by atoms with Crippen LogP contribution in [0.1, 0.15) is 13.8 Å². The van der Waals surface area contributed by atoms with Gasteiger partial charge in [-0.2, -0.15) is 0 Å². The molecule has 3 rings (SSSR count). The molecule has 0 bridgehead atoms. The molecule has 0 aliphatic heterocycles. The molecule has 2 atom stereocenters. The number of carbonyl (C=O) groups is 2. The highest BCUT2D eigenvalue weighted by molar-refractivity contribution is 5.96. The largest absolute Gasteiger partial charge is 0.481 e. The molecule has 0 fully saturated rings. The Hall–Kier alpha value is -3.80. The van der Waals surface area contributed by atoms with E-state index in [0.717, 1.165) is 0 Å². The molecule has 3 aromatic carbocycles. The normalized spacial score (nSPS) is 12.3. The van der Waals surface area contributed by atoms with E-state index in [4.69, 9.17) is 9.47 Å². The summed E-state index contributed by atoms with van der Waals surface area (Å²) in [5.41, 5.74) is 1.21. The van der Waals surface area contributed by atoms with Gasteiger partial charge in [0, 0.05) is 11.4 Å². The molecule has 0 heterocycles. The summed E-state index contributed by atoms with van der Waals surface area (Å²) in [6.07, 6.45) is -1.30. The number of nitrogens with one attached hydrogen (secondary N) is 2. The third-order valence-electron chi connectivity index (χ3n) is 4.27. The number of amides is 2. The Kier molecular flexibility index (Phi) is 7.05. The van der Waals surface area contributed by atoms with Crippen molar-refractivity contribution in [2.24, 2.45) is 0 Å². The van der Waals surface area contributed by atoms with E-state index in [1.54, 1.807) is 62.4 Å². The first-order chi connectivity index (χ1) is 14.5. The number of hydrogen-bond donors (Lipinski definition) is 2. The molecule has 0 spiro atoms. The van der Waals surface area contributed by atoms with Crippen LogP contribution in [-0.2, 0) is 9.59 Å². The Morgan fingerprint density at radius 2 is 0.933 bits per heavy atom. The highest BCUT2D eigenvalue weighted by Gasteiger charge is 2.16. The summed E-state index contributed by atoms with van der Waals surface area (Å²) in [4.78, 5) is 24.6. The SMILES string of the molecule is C[C@H](Oc1ccccc1)C(=O)Nc1ccc(NC(=O)[C@H](C)Oc2ccccc2)cc1. The van der Waals surface area contributed by atoms with Gasteiger partial charge in [0.25, 0.3) is 11.8 Å². The zero-order chi connectivity index (χ0) is 21.3. The lowest BCUT2D eigenvalue weighted by Gasteiger charge is -2.16. The van der Waals surface area contributed by atoms with Crippen LogP contribution in [0.4, 0.5) is 11.4 Å². The standard InChI is InChI=1S/C24H24N2O4/c1-17(29-21-9-5-3-6-10-21)23(27)25-19-13-15-20(16-14-19)26-24(28)18(2)30-22-11-7-4-8-12-22/h3-18H,1-2H3,(H,25,27)(H,26,28)/t17-,18-/m0/s1. The van der Waals surface area contributed by atoms with Crippen molar-refractivity contribution in [3.8, 4) is 11.5 Å². The van der Waals surface area contributed by atoms with E-state index < -0.39 is 12.2 Å². The molecular formula is C24H24N2O4. The molecule has 0 aliphatic rings. The van der Waals surface area contributed by atoms with Crippen molar-refractivity contribution < 1.29 is 19.1 Å². The Balaban J connectivity index is 1.50. The Labute approximate surface area is 175 Å². The lowest BCUT2D eigenvalue weighted by Crippen LogP contribution is -2.30. The molecule has 2 N–H and O–H groups in total. The Bertz CT molecular complexity index is 879. The highest BCUT2D eigenvalue weighted by atomic mass is 16.5. The van der Waals surface area contributed by atoms with Crippen LogP contribution in [0.25, 0.3) is 0 Å². The summed E-state index contributed by atoms with van der Waals surface area (Å²) in [6, 6.07) is 25.2. The zero-order valence-electron chi connectivity index (χ0n) is 16.9. The van der Waals surface area contributed by atoms with Gasteiger partial charge in [-0.1, -0.05) is 36.4 Å². The van der Waals surface area contributed by atoms with Gasteiger partial charge in [0.2, 0.25) is 0 Å². The molecule has 0 aromatic heterocycles. The third kappa shape index (κ3) is 6.10. The van der Waals surface area contributed by atoms with Crippen molar-refractivity contribution in [3.05, 3.63) is 84.9 Å². The van der Waals surface area contributed by atoms with Crippen LogP contribution in [0.5, 0.6) is 11.5 Å². The number of para-hydroxylation sites is 2. The number of rotatable bonds is 8. The molecule has 0 unspecified atom stereocenters. The maximum atomic E-state index is 12.3. The van der Waals surface area contributed by atoms with Gasteiger partial charge in [-0.15, -0.1) is 0 Å². The first-order valence-electron chi connectivity index (χ1n) is 9.66. The van der Waals surface area contributed by atoms with Gasteiger partial charge < -0.3 is 20.1 Å². The predicted molar refractivity (Wildman–Crippen MR) is 117 cm³/mol. The summed E-state index contributed by atoms with van der Waals surface area (Å²) in [5.74, 6) is 0.733. The first kappa shape index (κ1) is 20.9. The molecule has 0 aliphatic carbocycles. The second-order valence-electron chi connectivity index (χ2n) is 6.70. The van der Waals surface area contributed by atoms with Gasteiger partial charge in [-0.05, 0) is 62.4 Å². The third-order valence-corrected chi connectivity index (χ3v) is 4.27. The average Bonchev–Trinajstić information content (AvgIpc) is 2.76. The average molecular weight is 404 g/mol. The Morgan fingerprint density at radius 3 is 1.27 bits per heavy atom. The van der Waals surface area contributed by atoms with Gasteiger partial charge in [0.15, 0.2) is 12.2 Å². The summed E-state index contributed by atoms with van der Waals surface area (Å²) < 4.78 is 11.2. The number of benzene rings is 3. The topological polar surface area (TPSA) is 76.7 Å². The van der Waals surface area contributed by atoms with Crippen molar-refractivity contribution in [2.45, 2.75) is 26.1 Å². The predicted octanol–water partition coefficient (Wildman–Crippen LogP) is 4.50. The van der Waals surface area contributed by atoms with Gasteiger partial charge in [-0.3, -0.25) is 9.59 Å². The number of carbonyl (C=O) groups excluding carboxylic acids is 2. The molecule has 30 heavy (non-hydrogen) atoms. The van der Waals surface area contributed by atoms with Gasteiger partial charge in [-0.25, -0.2) is 0 Å². The second kappa shape index (κ2) is 10.1. The fourth-order valence-electron chi connectivity index (χ4n) is 2.64. The maximum Gasteiger partial charge on any atom is 0.265 e. The monoisotopic (exact) mass is 404 g/mol. The molecule has 0 radical (unpaired) electrons. The van der Waals surface area contributed by atoms with E-state index in [0.29, 0.717) is 22.9 Å². The van der Waals surface area contributed by atoms with E-state index in [2.05, 4.69) is 10.6 Å². The molecule has 2 amide bonds. The molecule has 154 valence electrons. The minimum absolute atomic E-state index is 0.263. The smallest absolute Gasteiger partial charge is 0.265 e. The first-order valence-corrected chi connectivity index (χ1v) is 9.66. The molecule has 6 nitrogen and oxygen atoms in total. The van der Waals surface area contributed by atoms with Gasteiger partial charge >= 0.3 is 0 Å². The van der Waals surface area contributed by atoms with Crippen molar-refractivity contribution >= 4 is 23.2 Å². The van der Waals surface area contributed by atoms with Crippen LogP contribution >= 0.6 is 0 Å². The van der Waals surface area contributed by atoms with Crippen molar-refractivity contribution in [1.82, 2.24) is 0 Å².